The smallest absolute Gasteiger partial charge is 0.416 e. The zero-order chi connectivity index (χ0) is 45.6. The summed E-state index contributed by atoms with van der Waals surface area (Å²) in [6.45, 7) is 0.747. The van der Waals surface area contributed by atoms with Crippen molar-refractivity contribution in [3.63, 3.8) is 0 Å². The molecule has 2 heterocycles. The molecule has 0 saturated carbocycles. The Hall–Kier alpha value is -5.51. The van der Waals surface area contributed by atoms with Crippen LogP contribution >= 0.6 is 23.2 Å². The molecule has 23 heteroatoms. The Morgan fingerprint density at radius 1 is 0.770 bits per heavy atom. The van der Waals surface area contributed by atoms with E-state index in [-0.39, 0.29) is 74.5 Å². The molecule has 0 saturated heterocycles. The van der Waals surface area contributed by atoms with E-state index in [1.807, 2.05) is 19.0 Å². The van der Waals surface area contributed by atoms with Crippen molar-refractivity contribution in [1.82, 2.24) is 24.8 Å². The van der Waals surface area contributed by atoms with E-state index in [4.69, 9.17) is 33.0 Å². The second kappa shape index (κ2) is 19.5. The average molecular weight is 925 g/mol. The highest BCUT2D eigenvalue weighted by molar-refractivity contribution is 7.90. The molecule has 12 nitrogen and oxygen atoms in total. The van der Waals surface area contributed by atoms with Gasteiger partial charge in [0.2, 0.25) is 15.0 Å². The largest absolute Gasteiger partial charge is 0.478 e. The van der Waals surface area contributed by atoms with Crippen molar-refractivity contribution in [3.8, 4) is 28.5 Å². The molecule has 0 aliphatic carbocycles. The Balaban J connectivity index is 0.000000326. The predicted octanol–water partition coefficient (Wildman–Crippen LogP) is 8.83. The summed E-state index contributed by atoms with van der Waals surface area (Å²) >= 11 is 12.0. The molecule has 0 aliphatic rings. The highest BCUT2D eigenvalue weighted by atomic mass is 35.5. The van der Waals surface area contributed by atoms with Crippen LogP contribution in [-0.4, -0.2) is 88.9 Å². The zero-order valence-electron chi connectivity index (χ0n) is 31.7. The van der Waals surface area contributed by atoms with E-state index < -0.39 is 74.0 Å². The van der Waals surface area contributed by atoms with Gasteiger partial charge in [-0.3, -0.25) is 0 Å². The number of ether oxygens (including phenoxy) is 1. The van der Waals surface area contributed by atoms with Gasteiger partial charge in [0.15, 0.2) is 0 Å². The molecular weight excluding hydrogens is 893 g/mol. The van der Waals surface area contributed by atoms with E-state index in [1.165, 1.54) is 12.1 Å². The Kier molecular flexibility index (Phi) is 15.4. The summed E-state index contributed by atoms with van der Waals surface area (Å²) in [5.74, 6) is -4.21. The first-order chi connectivity index (χ1) is 28.3. The van der Waals surface area contributed by atoms with Crippen molar-refractivity contribution in [1.29, 1.82) is 0 Å². The van der Waals surface area contributed by atoms with E-state index in [2.05, 4.69) is 19.9 Å². The third kappa shape index (κ3) is 13.0. The second-order valence-corrected chi connectivity index (χ2v) is 15.9. The van der Waals surface area contributed by atoms with Gasteiger partial charge < -0.3 is 19.8 Å². The zero-order valence-corrected chi connectivity index (χ0v) is 34.0. The maximum atomic E-state index is 13.7. The minimum atomic E-state index is -5.04. The van der Waals surface area contributed by atoms with Crippen LogP contribution in [0.15, 0.2) is 66.0 Å². The number of sulfone groups is 1. The predicted molar refractivity (Wildman–Crippen MR) is 204 cm³/mol. The van der Waals surface area contributed by atoms with Crippen molar-refractivity contribution < 1.29 is 68.1 Å². The topological polar surface area (TPSA) is 173 Å². The van der Waals surface area contributed by atoms with E-state index in [1.54, 1.807) is 0 Å². The molecule has 0 amide bonds. The molecule has 2 aromatic heterocycles. The third-order valence-corrected chi connectivity index (χ3v) is 9.64. The number of carboxylic acids is 2. The van der Waals surface area contributed by atoms with Crippen molar-refractivity contribution in [2.45, 2.75) is 36.8 Å². The van der Waals surface area contributed by atoms with Gasteiger partial charge in [-0.15, -0.1) is 0 Å². The molecule has 0 unspecified atom stereocenters. The van der Waals surface area contributed by atoms with Gasteiger partial charge in [0, 0.05) is 30.1 Å². The lowest BCUT2D eigenvalue weighted by atomic mass is 9.97. The number of carbonyl (C=O) groups is 2. The lowest BCUT2D eigenvalue weighted by Gasteiger charge is -2.16. The Bertz CT molecular complexity index is 2530. The van der Waals surface area contributed by atoms with E-state index in [0.717, 1.165) is 36.7 Å². The number of halogens is 10. The van der Waals surface area contributed by atoms with Crippen LogP contribution in [0.3, 0.4) is 0 Å². The number of aryl methyl sites for hydroxylation is 2. The number of alkyl halides is 6. The van der Waals surface area contributed by atoms with Gasteiger partial charge in [-0.2, -0.15) is 36.3 Å². The quantitative estimate of drug-likeness (QED) is 0.0654. The molecule has 61 heavy (non-hydrogen) atoms. The van der Waals surface area contributed by atoms with Crippen molar-refractivity contribution in [2.75, 3.05) is 33.5 Å². The number of hydrogen-bond acceptors (Lipinski definition) is 10. The Morgan fingerprint density at radius 2 is 1.31 bits per heavy atom. The number of benzene rings is 3. The number of aromatic nitrogens is 4. The van der Waals surface area contributed by atoms with Gasteiger partial charge in [0.05, 0.1) is 44.9 Å². The third-order valence-electron chi connectivity index (χ3n) is 8.16. The van der Waals surface area contributed by atoms with Crippen molar-refractivity contribution >= 4 is 45.0 Å². The summed E-state index contributed by atoms with van der Waals surface area (Å²) in [6.07, 6.45) is -8.61. The van der Waals surface area contributed by atoms with Crippen LogP contribution in [0.4, 0.5) is 35.1 Å². The van der Waals surface area contributed by atoms with Crippen LogP contribution in [0.5, 0.6) is 6.01 Å². The van der Waals surface area contributed by atoms with Crippen molar-refractivity contribution in [3.05, 3.63) is 116 Å². The summed E-state index contributed by atoms with van der Waals surface area (Å²) in [7, 11) is -0.0567. The fourth-order valence-corrected chi connectivity index (χ4v) is 6.40. The van der Waals surface area contributed by atoms with Crippen LogP contribution in [-0.2, 0) is 35.0 Å². The normalized spacial score (nSPS) is 11.9. The monoisotopic (exact) mass is 923 g/mol. The van der Waals surface area contributed by atoms with Crippen LogP contribution in [0.2, 0.25) is 10.0 Å². The summed E-state index contributed by atoms with van der Waals surface area (Å²) in [6, 6.07) is 7.25. The van der Waals surface area contributed by atoms with Crippen LogP contribution in [0.1, 0.15) is 49.5 Å². The molecule has 5 rings (SSSR count). The first-order valence-corrected chi connectivity index (χ1v) is 19.8. The van der Waals surface area contributed by atoms with Crippen LogP contribution in [0.25, 0.3) is 22.5 Å². The van der Waals surface area contributed by atoms with Gasteiger partial charge in [-0.05, 0) is 93.5 Å². The maximum Gasteiger partial charge on any atom is 0.416 e. The number of nitrogens with zero attached hydrogens (tertiary/aromatic N) is 5. The summed E-state index contributed by atoms with van der Waals surface area (Å²) < 4.78 is 135. The summed E-state index contributed by atoms with van der Waals surface area (Å²) in [5.41, 5.74) is -4.72. The van der Waals surface area contributed by atoms with Crippen molar-refractivity contribution in [2.24, 2.45) is 0 Å². The minimum absolute atomic E-state index is 0.00514. The second-order valence-electron chi connectivity index (χ2n) is 13.1. The fraction of sp³-hybridized carbons (Fsp3) is 0.263. The highest BCUT2D eigenvalue weighted by Crippen LogP contribution is 2.38. The first-order valence-electron chi connectivity index (χ1n) is 17.2. The molecule has 0 spiro atoms. The molecule has 0 fully saturated rings. The van der Waals surface area contributed by atoms with E-state index in [9.17, 15) is 58.2 Å². The SMILES string of the molecule is CN(C)CCCOc1nc(CCc2cc(C(F)(F)F)cc(C(F)(F)F)c2)c(C(=O)O)c(-c2ccc(F)cc2Cl)n1.CS(=O)(=O)c1ncc(C(=O)O)c(-c2ccc(F)cc2Cl)n1. The molecule has 3 aromatic carbocycles. The van der Waals surface area contributed by atoms with Gasteiger partial charge in [-0.1, -0.05) is 23.2 Å². The molecule has 2 N–H and O–H groups in total. The maximum absolute atomic E-state index is 13.7. The van der Waals surface area contributed by atoms with Gasteiger partial charge in [-0.25, -0.2) is 36.8 Å². The fourth-order valence-electron chi connectivity index (χ4n) is 5.39. The lowest BCUT2D eigenvalue weighted by molar-refractivity contribution is -0.143. The number of aromatic carboxylic acids is 2. The molecule has 0 bridgehead atoms. The van der Waals surface area contributed by atoms with Crippen LogP contribution in [0, 0.1) is 11.6 Å². The first kappa shape index (κ1) is 48.2. The summed E-state index contributed by atoms with van der Waals surface area (Å²) in [4.78, 5) is 40.9. The average Bonchev–Trinajstić information content (AvgIpc) is 3.14. The molecule has 0 aliphatic heterocycles. The number of rotatable bonds is 13. The minimum Gasteiger partial charge on any atom is -0.478 e. The molecule has 0 atom stereocenters. The Labute approximate surface area is 351 Å². The number of hydrogen-bond donors (Lipinski definition) is 2. The van der Waals surface area contributed by atoms with E-state index >= 15 is 0 Å². The lowest BCUT2D eigenvalue weighted by Crippen LogP contribution is -2.17. The molecule has 0 radical (unpaired) electrons. The van der Waals surface area contributed by atoms with Gasteiger partial charge >= 0.3 is 30.3 Å². The van der Waals surface area contributed by atoms with Gasteiger partial charge in [0.1, 0.15) is 22.8 Å². The standard InChI is InChI=1S/C26H23ClF7N3O3.C12H8ClFN2O4S/c1-37(2)8-3-9-40-24-35-20(21(23(38)39)22(36-24)18-6-5-17(28)13-19(18)27)7-4-14-10-15(25(29,30)31)12-16(11-14)26(32,33)34;1-21(19,20)12-15-5-8(11(17)18)10(16-12)7-3-2-6(14)4-9(7)13/h5-6,10-13H,3-4,7-9H2,1-2H3,(H,38,39);2-5H,1H3,(H,17,18). The highest BCUT2D eigenvalue weighted by Gasteiger charge is 2.37. The molecular formula is C38H31Cl2F8N5O7S. The Morgan fingerprint density at radius 3 is 1.77 bits per heavy atom. The summed E-state index contributed by atoms with van der Waals surface area (Å²) in [5, 5.41) is 18.3. The molecule has 5 aromatic rings. The molecule has 326 valence electrons. The number of carboxylic acid groups (broad SMARTS) is 2. The van der Waals surface area contributed by atoms with Crippen LogP contribution < -0.4 is 4.74 Å². The van der Waals surface area contributed by atoms with Gasteiger partial charge in [0.25, 0.3) is 0 Å². The van der Waals surface area contributed by atoms with E-state index in [0.29, 0.717) is 25.1 Å².